The van der Waals surface area contributed by atoms with Gasteiger partial charge in [0.25, 0.3) is 0 Å². The Morgan fingerprint density at radius 3 is 2.60 bits per heavy atom. The number of nitrogens with zero attached hydrogens (tertiary/aromatic N) is 1. The van der Waals surface area contributed by atoms with Crippen LogP contribution in [0.3, 0.4) is 0 Å². The van der Waals surface area contributed by atoms with Gasteiger partial charge in [-0.05, 0) is 6.42 Å². The van der Waals surface area contributed by atoms with E-state index in [0.29, 0.717) is 6.54 Å². The summed E-state index contributed by atoms with van der Waals surface area (Å²) in [5.74, 6) is -2.72. The van der Waals surface area contributed by atoms with Crippen LogP contribution >= 0.6 is 0 Å². The Morgan fingerprint density at radius 2 is 2.13 bits per heavy atom. The number of nitrogens with two attached hydrogens (primary N) is 1. The van der Waals surface area contributed by atoms with E-state index in [1.54, 1.807) is 5.48 Å². The maximum atomic E-state index is 11.6. The third-order valence-corrected chi connectivity index (χ3v) is 1.27. The molecule has 0 aliphatic carbocycles. The monoisotopic (exact) mass is 227 g/mol. The van der Waals surface area contributed by atoms with Gasteiger partial charge in [-0.2, -0.15) is 18.7 Å². The zero-order chi connectivity index (χ0) is 11.9. The predicted octanol–water partition coefficient (Wildman–Crippen LogP) is 0.711. The van der Waals surface area contributed by atoms with Crippen molar-refractivity contribution in [1.82, 2.24) is 5.48 Å². The first-order valence-corrected chi connectivity index (χ1v) is 4.21. The van der Waals surface area contributed by atoms with Crippen molar-refractivity contribution in [2.24, 2.45) is 10.7 Å². The summed E-state index contributed by atoms with van der Waals surface area (Å²) in [6.45, 7) is 2.28. The number of alkyl halides is 3. The summed E-state index contributed by atoms with van der Waals surface area (Å²) in [6, 6.07) is 0. The van der Waals surface area contributed by atoms with Crippen LogP contribution < -0.4 is 11.2 Å². The Bertz CT molecular complexity index is 240. The highest BCUT2D eigenvalue weighted by molar-refractivity contribution is 5.81. The van der Waals surface area contributed by atoms with Gasteiger partial charge in [0.15, 0.2) is 0 Å². The molecule has 0 saturated carbocycles. The highest BCUT2D eigenvalue weighted by Crippen LogP contribution is 2.15. The van der Waals surface area contributed by atoms with E-state index in [1.165, 1.54) is 0 Å². The Balaban J connectivity index is 3.85. The average Bonchev–Trinajstić information content (AvgIpc) is 2.13. The number of hydrogen-bond acceptors (Lipinski definition) is 3. The van der Waals surface area contributed by atoms with E-state index in [9.17, 15) is 18.0 Å². The molecule has 0 bridgehead atoms. The Hall–Kier alpha value is -1.47. The second-order valence-electron chi connectivity index (χ2n) is 2.61. The number of aliphatic imine (C=N–C) groups is 1. The largest absolute Gasteiger partial charge is 0.493 e. The van der Waals surface area contributed by atoms with Gasteiger partial charge in [0.2, 0.25) is 5.96 Å². The van der Waals surface area contributed by atoms with Crippen molar-refractivity contribution < 1.29 is 22.8 Å². The van der Waals surface area contributed by atoms with Gasteiger partial charge < -0.3 is 10.6 Å². The van der Waals surface area contributed by atoms with E-state index in [1.807, 2.05) is 6.92 Å². The van der Waals surface area contributed by atoms with Gasteiger partial charge >= 0.3 is 12.1 Å². The number of hydroxylamine groups is 1. The normalized spacial score (nSPS) is 12.4. The molecule has 0 heterocycles. The van der Waals surface area contributed by atoms with E-state index >= 15 is 0 Å². The van der Waals surface area contributed by atoms with Crippen LogP contribution in [0.1, 0.15) is 19.8 Å². The molecule has 0 atom stereocenters. The number of nitrogens with one attached hydrogen (secondary N) is 1. The van der Waals surface area contributed by atoms with Gasteiger partial charge in [-0.3, -0.25) is 4.99 Å². The smallest absolute Gasteiger partial charge is 0.368 e. The first kappa shape index (κ1) is 13.5. The maximum Gasteiger partial charge on any atom is 0.493 e. The SMILES string of the molecule is CCCCN=C(N)NOC(=O)C(F)(F)F. The minimum absolute atomic E-state index is 0.360. The maximum absolute atomic E-state index is 11.6. The summed E-state index contributed by atoms with van der Waals surface area (Å²) in [6.07, 6.45) is -3.43. The first-order chi connectivity index (χ1) is 6.88. The van der Waals surface area contributed by atoms with Crippen molar-refractivity contribution in [3.05, 3.63) is 0 Å². The van der Waals surface area contributed by atoms with Crippen molar-refractivity contribution >= 4 is 11.9 Å². The molecule has 0 aromatic carbocycles. The van der Waals surface area contributed by atoms with Gasteiger partial charge in [-0.1, -0.05) is 13.3 Å². The lowest BCUT2D eigenvalue weighted by Crippen LogP contribution is -2.38. The average molecular weight is 227 g/mol. The summed E-state index contributed by atoms with van der Waals surface area (Å²) in [7, 11) is 0. The van der Waals surface area contributed by atoms with E-state index in [4.69, 9.17) is 5.73 Å². The van der Waals surface area contributed by atoms with Crippen LogP contribution in [0.25, 0.3) is 0 Å². The van der Waals surface area contributed by atoms with E-state index in [0.717, 1.165) is 12.8 Å². The van der Waals surface area contributed by atoms with E-state index in [2.05, 4.69) is 9.83 Å². The Kier molecular flexibility index (Phi) is 5.50. The molecule has 0 fully saturated rings. The molecule has 3 N–H and O–H groups in total. The molecule has 0 aromatic heterocycles. The molecule has 0 aliphatic heterocycles. The van der Waals surface area contributed by atoms with Crippen LogP contribution in [0.4, 0.5) is 13.2 Å². The molecule has 0 aromatic rings. The van der Waals surface area contributed by atoms with Crippen molar-refractivity contribution in [3.8, 4) is 0 Å². The number of halogens is 3. The number of hydrogen-bond donors (Lipinski definition) is 2. The number of carbonyl (C=O) groups is 1. The summed E-state index contributed by atoms with van der Waals surface area (Å²) in [4.78, 5) is 17.4. The highest BCUT2D eigenvalue weighted by Gasteiger charge is 2.41. The lowest BCUT2D eigenvalue weighted by Gasteiger charge is -2.07. The molecule has 0 amide bonds. The molecule has 0 aliphatic rings. The van der Waals surface area contributed by atoms with E-state index in [-0.39, 0.29) is 5.96 Å². The van der Waals surface area contributed by atoms with Crippen LogP contribution in [0.2, 0.25) is 0 Å². The van der Waals surface area contributed by atoms with E-state index < -0.39 is 12.1 Å². The number of unbranched alkanes of at least 4 members (excludes halogenated alkanes) is 1. The van der Waals surface area contributed by atoms with Crippen molar-refractivity contribution in [2.45, 2.75) is 25.9 Å². The molecule has 88 valence electrons. The standard InChI is InChI=1S/C7H12F3N3O2/c1-2-3-4-12-6(11)13-15-5(14)7(8,9)10/h2-4H2,1H3,(H3,11,12,13). The first-order valence-electron chi connectivity index (χ1n) is 4.21. The minimum Gasteiger partial charge on any atom is -0.368 e. The zero-order valence-electron chi connectivity index (χ0n) is 8.10. The van der Waals surface area contributed by atoms with Crippen LogP contribution in [0.15, 0.2) is 4.99 Å². The van der Waals surface area contributed by atoms with Gasteiger partial charge in [-0.25, -0.2) is 4.79 Å². The zero-order valence-corrected chi connectivity index (χ0v) is 8.10. The second-order valence-corrected chi connectivity index (χ2v) is 2.61. The third kappa shape index (κ3) is 6.58. The third-order valence-electron chi connectivity index (χ3n) is 1.27. The fourth-order valence-corrected chi connectivity index (χ4v) is 0.546. The minimum atomic E-state index is -5.04. The molecular weight excluding hydrogens is 215 g/mol. The molecule has 0 rings (SSSR count). The number of carbonyl (C=O) groups excluding carboxylic acids is 1. The van der Waals surface area contributed by atoms with Gasteiger partial charge in [0, 0.05) is 6.54 Å². The Labute approximate surface area is 84.4 Å². The fraction of sp³-hybridized carbons (Fsp3) is 0.714. The van der Waals surface area contributed by atoms with Crippen LogP contribution in [0.5, 0.6) is 0 Å². The Morgan fingerprint density at radius 1 is 1.53 bits per heavy atom. The van der Waals surface area contributed by atoms with Gasteiger partial charge in [0.1, 0.15) is 0 Å². The second kappa shape index (κ2) is 6.10. The van der Waals surface area contributed by atoms with Gasteiger partial charge in [0.05, 0.1) is 0 Å². The summed E-state index contributed by atoms with van der Waals surface area (Å²) < 4.78 is 34.8. The number of rotatable bonds is 3. The summed E-state index contributed by atoms with van der Waals surface area (Å²) in [5, 5.41) is 0. The lowest BCUT2D eigenvalue weighted by atomic mass is 10.3. The molecular formula is C7H12F3N3O2. The van der Waals surface area contributed by atoms with Crippen LogP contribution in [-0.4, -0.2) is 24.6 Å². The van der Waals surface area contributed by atoms with Crippen molar-refractivity contribution in [1.29, 1.82) is 0 Å². The molecule has 8 heteroatoms. The predicted molar refractivity (Wildman–Crippen MR) is 46.7 cm³/mol. The topological polar surface area (TPSA) is 76.7 Å². The molecule has 15 heavy (non-hydrogen) atoms. The summed E-state index contributed by atoms with van der Waals surface area (Å²) in [5.41, 5.74) is 6.71. The molecule has 0 saturated heterocycles. The van der Waals surface area contributed by atoms with Crippen molar-refractivity contribution in [2.75, 3.05) is 6.54 Å². The molecule has 5 nitrogen and oxygen atoms in total. The lowest BCUT2D eigenvalue weighted by molar-refractivity contribution is -0.203. The fourth-order valence-electron chi connectivity index (χ4n) is 0.546. The quantitative estimate of drug-likeness (QED) is 0.322. The van der Waals surface area contributed by atoms with Crippen LogP contribution in [0, 0.1) is 0 Å². The molecule has 0 radical (unpaired) electrons. The van der Waals surface area contributed by atoms with Crippen LogP contribution in [-0.2, 0) is 9.63 Å². The molecule has 0 spiro atoms. The highest BCUT2D eigenvalue weighted by atomic mass is 19.4. The van der Waals surface area contributed by atoms with Gasteiger partial charge in [-0.15, -0.1) is 0 Å². The van der Waals surface area contributed by atoms with Crippen molar-refractivity contribution in [3.63, 3.8) is 0 Å². The molecule has 0 unspecified atom stereocenters. The summed E-state index contributed by atoms with van der Waals surface area (Å²) >= 11 is 0. The number of guanidine groups is 1.